The Labute approximate surface area is 243 Å². The number of carbonyl (C=O) groups is 1. The molecule has 0 aliphatic rings. The summed E-state index contributed by atoms with van der Waals surface area (Å²) in [6, 6.07) is 26.7. The second kappa shape index (κ2) is 12.6. The van der Waals surface area contributed by atoms with Crippen molar-refractivity contribution in [2.75, 3.05) is 18.1 Å². The molecule has 0 atom stereocenters. The molecule has 2 aromatic heterocycles. The fourth-order valence-corrected chi connectivity index (χ4v) is 6.80. The number of carbonyl (C=O) groups excluding carboxylic acids is 1. The first-order valence-electron chi connectivity index (χ1n) is 13.3. The van der Waals surface area contributed by atoms with E-state index >= 15 is 0 Å². The van der Waals surface area contributed by atoms with Crippen molar-refractivity contribution in [3.63, 3.8) is 0 Å². The molecule has 0 fully saturated rings. The second-order valence-corrected chi connectivity index (χ2v) is 12.2. The van der Waals surface area contributed by atoms with Crippen molar-refractivity contribution < 1.29 is 17.9 Å². The third-order valence-electron chi connectivity index (χ3n) is 6.48. The molecule has 8 nitrogen and oxygen atoms in total. The normalized spacial score (nSPS) is 11.6. The first-order chi connectivity index (χ1) is 19.9. The second-order valence-electron chi connectivity index (χ2n) is 9.21. The molecule has 5 rings (SSSR count). The maximum atomic E-state index is 13.9. The highest BCUT2D eigenvalue weighted by Crippen LogP contribution is 2.33. The molecular weight excluding hydrogens is 556 g/mol. The van der Waals surface area contributed by atoms with Gasteiger partial charge in [0.1, 0.15) is 5.75 Å². The van der Waals surface area contributed by atoms with Crippen LogP contribution in [0.4, 0.5) is 5.13 Å². The Kier molecular flexibility index (Phi) is 8.72. The van der Waals surface area contributed by atoms with Crippen LogP contribution < -0.4 is 9.64 Å². The molecule has 0 radical (unpaired) electrons. The summed E-state index contributed by atoms with van der Waals surface area (Å²) in [5, 5.41) is 0.515. The lowest BCUT2D eigenvalue weighted by molar-refractivity contribution is 0.0984. The maximum absolute atomic E-state index is 13.9. The number of anilines is 1. The van der Waals surface area contributed by atoms with Gasteiger partial charge in [-0.05, 0) is 67.1 Å². The highest BCUT2D eigenvalue weighted by molar-refractivity contribution is 7.89. The topological polar surface area (TPSA) is 92.7 Å². The molecule has 210 valence electrons. The molecule has 1 amide bonds. The summed E-state index contributed by atoms with van der Waals surface area (Å²) in [4.78, 5) is 24.7. The average molecular weight is 587 g/mol. The Morgan fingerprint density at radius 2 is 1.66 bits per heavy atom. The van der Waals surface area contributed by atoms with E-state index in [0.717, 1.165) is 21.5 Å². The van der Waals surface area contributed by atoms with Gasteiger partial charge >= 0.3 is 0 Å². The smallest absolute Gasteiger partial charge is 0.260 e. The van der Waals surface area contributed by atoms with Crippen LogP contribution in [0.3, 0.4) is 0 Å². The van der Waals surface area contributed by atoms with Crippen LogP contribution in [-0.2, 0) is 23.1 Å². The SMILES string of the molecule is CCOc1ccc2nc(N(Cc3ccccn3)C(=O)c3ccc(S(=O)(=O)N(CC)Cc4ccccc4)cc3)sc2c1. The number of pyridine rings is 1. The van der Waals surface area contributed by atoms with Gasteiger partial charge in [-0.25, -0.2) is 13.4 Å². The number of hydrogen-bond acceptors (Lipinski definition) is 7. The van der Waals surface area contributed by atoms with Crippen LogP contribution in [0.1, 0.15) is 35.5 Å². The quantitative estimate of drug-likeness (QED) is 0.184. The van der Waals surface area contributed by atoms with Crippen molar-refractivity contribution in [1.29, 1.82) is 0 Å². The monoisotopic (exact) mass is 586 g/mol. The zero-order valence-corrected chi connectivity index (χ0v) is 24.4. The van der Waals surface area contributed by atoms with Gasteiger partial charge in [0.15, 0.2) is 5.13 Å². The van der Waals surface area contributed by atoms with Gasteiger partial charge in [0.05, 0.1) is 34.0 Å². The fraction of sp³-hybridized carbons (Fsp3) is 0.194. The largest absolute Gasteiger partial charge is 0.494 e. The van der Waals surface area contributed by atoms with Crippen LogP contribution in [0.2, 0.25) is 0 Å². The van der Waals surface area contributed by atoms with E-state index in [1.165, 1.54) is 27.8 Å². The summed E-state index contributed by atoms with van der Waals surface area (Å²) in [5.74, 6) is 0.434. The van der Waals surface area contributed by atoms with Crippen LogP contribution >= 0.6 is 11.3 Å². The average Bonchev–Trinajstić information content (AvgIpc) is 3.43. The lowest BCUT2D eigenvalue weighted by Crippen LogP contribution is -2.31. The Morgan fingerprint density at radius 1 is 0.902 bits per heavy atom. The predicted molar refractivity (Wildman–Crippen MR) is 162 cm³/mol. The molecule has 0 aliphatic carbocycles. The van der Waals surface area contributed by atoms with E-state index in [0.29, 0.717) is 29.5 Å². The van der Waals surface area contributed by atoms with E-state index in [1.807, 2.05) is 80.6 Å². The molecule has 0 unspecified atom stereocenters. The molecular formula is C31H30N4O4S2. The molecule has 0 saturated heterocycles. The summed E-state index contributed by atoms with van der Waals surface area (Å²) in [5.41, 5.74) is 2.71. The number of fused-ring (bicyclic) bond motifs is 1. The van der Waals surface area contributed by atoms with E-state index in [9.17, 15) is 13.2 Å². The number of rotatable bonds is 11. The minimum Gasteiger partial charge on any atom is -0.494 e. The minimum atomic E-state index is -3.76. The first kappa shape index (κ1) is 28.4. The van der Waals surface area contributed by atoms with E-state index in [4.69, 9.17) is 9.72 Å². The molecule has 0 aliphatic heterocycles. The standard InChI is InChI=1S/C31H30N4O4S2/c1-3-34(21-23-10-6-5-7-11-23)41(37,38)27-16-13-24(14-17-27)30(36)35(22-25-12-8-9-19-32-25)31-33-28-18-15-26(39-4-2)20-29(28)40-31/h5-20H,3-4,21-22H2,1-2H3. The van der Waals surface area contributed by atoms with Gasteiger partial charge in [-0.3, -0.25) is 14.7 Å². The van der Waals surface area contributed by atoms with Crippen LogP contribution in [0.5, 0.6) is 5.75 Å². The minimum absolute atomic E-state index is 0.131. The molecule has 0 N–H and O–H groups in total. The van der Waals surface area contributed by atoms with Crippen molar-refractivity contribution in [1.82, 2.24) is 14.3 Å². The van der Waals surface area contributed by atoms with Gasteiger partial charge in [-0.15, -0.1) is 0 Å². The van der Waals surface area contributed by atoms with E-state index < -0.39 is 10.0 Å². The Hall–Kier alpha value is -4.12. The number of thiazole rings is 1. The van der Waals surface area contributed by atoms with E-state index in [2.05, 4.69) is 4.98 Å². The number of nitrogens with zero attached hydrogens (tertiary/aromatic N) is 4. The number of aromatic nitrogens is 2. The molecule has 0 bridgehead atoms. The third-order valence-corrected chi connectivity index (χ3v) is 9.45. The summed E-state index contributed by atoms with van der Waals surface area (Å²) < 4.78 is 34.8. The van der Waals surface area contributed by atoms with Crippen molar-refractivity contribution in [3.8, 4) is 5.75 Å². The summed E-state index contributed by atoms with van der Waals surface area (Å²) in [6.07, 6.45) is 1.68. The highest BCUT2D eigenvalue weighted by atomic mass is 32.2. The summed E-state index contributed by atoms with van der Waals surface area (Å²) in [7, 11) is -3.76. The van der Waals surface area contributed by atoms with E-state index in [-0.39, 0.29) is 23.9 Å². The first-order valence-corrected chi connectivity index (χ1v) is 15.5. The lowest BCUT2D eigenvalue weighted by atomic mass is 10.2. The number of sulfonamides is 1. The van der Waals surface area contributed by atoms with Crippen molar-refractivity contribution >= 4 is 42.6 Å². The molecule has 41 heavy (non-hydrogen) atoms. The third kappa shape index (κ3) is 6.45. The Bertz CT molecular complexity index is 1730. The van der Waals surface area contributed by atoms with Crippen LogP contribution in [0.15, 0.2) is 102 Å². The molecule has 2 heterocycles. The molecule has 5 aromatic rings. The number of amides is 1. The highest BCUT2D eigenvalue weighted by Gasteiger charge is 2.26. The fourth-order valence-electron chi connectivity index (χ4n) is 4.37. The molecule has 3 aromatic carbocycles. The van der Waals surface area contributed by atoms with Gasteiger partial charge < -0.3 is 4.74 Å². The molecule has 0 saturated carbocycles. The zero-order chi connectivity index (χ0) is 28.8. The van der Waals surface area contributed by atoms with Crippen molar-refractivity contribution in [3.05, 3.63) is 114 Å². The Balaban J connectivity index is 1.44. The van der Waals surface area contributed by atoms with Gasteiger partial charge in [0, 0.05) is 24.8 Å². The van der Waals surface area contributed by atoms with Gasteiger partial charge in [0.25, 0.3) is 5.91 Å². The molecule has 0 spiro atoms. The van der Waals surface area contributed by atoms with Crippen LogP contribution in [-0.4, -0.2) is 41.7 Å². The van der Waals surface area contributed by atoms with Crippen LogP contribution in [0.25, 0.3) is 10.2 Å². The summed E-state index contributed by atoms with van der Waals surface area (Å²) >= 11 is 1.39. The van der Waals surface area contributed by atoms with Crippen molar-refractivity contribution in [2.45, 2.75) is 31.8 Å². The van der Waals surface area contributed by atoms with Gasteiger partial charge in [-0.1, -0.05) is 54.7 Å². The van der Waals surface area contributed by atoms with Crippen LogP contribution in [0, 0.1) is 0 Å². The van der Waals surface area contributed by atoms with E-state index in [1.54, 1.807) is 23.2 Å². The number of ether oxygens (including phenoxy) is 1. The predicted octanol–water partition coefficient (Wildman–Crippen LogP) is 6.15. The van der Waals surface area contributed by atoms with Crippen molar-refractivity contribution in [2.24, 2.45) is 0 Å². The lowest BCUT2D eigenvalue weighted by Gasteiger charge is -2.22. The summed E-state index contributed by atoms with van der Waals surface area (Å²) in [6.45, 7) is 5.07. The maximum Gasteiger partial charge on any atom is 0.260 e. The molecule has 10 heteroatoms. The number of hydrogen-bond donors (Lipinski definition) is 0. The number of benzene rings is 3. The zero-order valence-electron chi connectivity index (χ0n) is 22.8. The van der Waals surface area contributed by atoms with Gasteiger partial charge in [-0.2, -0.15) is 4.31 Å². The van der Waals surface area contributed by atoms with Gasteiger partial charge in [0.2, 0.25) is 10.0 Å². The Morgan fingerprint density at radius 3 is 2.34 bits per heavy atom.